The number of phenols is 1. The lowest BCUT2D eigenvalue weighted by molar-refractivity contribution is 0.0218. The molecule has 0 spiro atoms. The van der Waals surface area contributed by atoms with Crippen molar-refractivity contribution in [2.45, 2.75) is 51.9 Å². The van der Waals surface area contributed by atoms with E-state index in [9.17, 15) is 14.7 Å². The lowest BCUT2D eigenvalue weighted by atomic mass is 9.98. The zero-order chi connectivity index (χ0) is 30.6. The molecule has 1 amide bonds. The van der Waals surface area contributed by atoms with Crippen molar-refractivity contribution in [3.8, 4) is 22.6 Å². The van der Waals surface area contributed by atoms with E-state index in [1.165, 1.54) is 18.2 Å². The smallest absolute Gasteiger partial charge is 0.410 e. The summed E-state index contributed by atoms with van der Waals surface area (Å²) >= 11 is 6.83. The molecular weight excluding hydrogens is 579 g/mol. The molecule has 0 bridgehead atoms. The second-order valence-electron chi connectivity index (χ2n) is 11.8. The van der Waals surface area contributed by atoms with Gasteiger partial charge in [-0.15, -0.1) is 0 Å². The Balaban J connectivity index is 1.50. The van der Waals surface area contributed by atoms with Gasteiger partial charge in [-0.1, -0.05) is 17.7 Å². The molecule has 4 heterocycles. The first-order valence-corrected chi connectivity index (χ1v) is 14.4. The number of halogens is 2. The molecule has 2 atom stereocenters. The van der Waals surface area contributed by atoms with Gasteiger partial charge < -0.3 is 24.4 Å². The molecule has 0 saturated carbocycles. The molecule has 6 rings (SSSR count). The van der Waals surface area contributed by atoms with Gasteiger partial charge in [-0.25, -0.2) is 14.0 Å². The number of benzene rings is 2. The molecule has 1 fully saturated rings. The van der Waals surface area contributed by atoms with Crippen molar-refractivity contribution in [1.29, 1.82) is 0 Å². The van der Waals surface area contributed by atoms with Crippen LogP contribution < -0.4 is 15.3 Å². The highest BCUT2D eigenvalue weighted by Gasteiger charge is 2.36. The summed E-state index contributed by atoms with van der Waals surface area (Å²) in [6, 6.07) is 6.70. The van der Waals surface area contributed by atoms with Crippen LogP contribution in [0.5, 0.6) is 11.5 Å². The first-order chi connectivity index (χ1) is 20.4. The van der Waals surface area contributed by atoms with Crippen molar-refractivity contribution in [3.05, 3.63) is 64.0 Å². The second-order valence-corrected chi connectivity index (χ2v) is 12.2. The molecule has 0 unspecified atom stereocenters. The van der Waals surface area contributed by atoms with Crippen LogP contribution in [0.15, 0.2) is 47.5 Å². The highest BCUT2D eigenvalue weighted by Crippen LogP contribution is 2.49. The third kappa shape index (κ3) is 5.24. The molecule has 1 N–H and O–H groups in total. The van der Waals surface area contributed by atoms with Crippen molar-refractivity contribution < 1.29 is 23.8 Å². The summed E-state index contributed by atoms with van der Waals surface area (Å²) < 4.78 is 30.2. The van der Waals surface area contributed by atoms with Crippen LogP contribution in [0.4, 0.5) is 15.0 Å². The number of piperazine rings is 1. The molecule has 13 heteroatoms. The van der Waals surface area contributed by atoms with Crippen LogP contribution in [0, 0.1) is 5.82 Å². The van der Waals surface area contributed by atoms with Crippen LogP contribution in [0.2, 0.25) is 5.02 Å². The summed E-state index contributed by atoms with van der Waals surface area (Å²) in [5, 5.41) is 15.6. The minimum absolute atomic E-state index is 0.0659. The van der Waals surface area contributed by atoms with E-state index in [0.29, 0.717) is 42.9 Å². The van der Waals surface area contributed by atoms with Crippen LogP contribution in [0.25, 0.3) is 22.0 Å². The van der Waals surface area contributed by atoms with E-state index in [-0.39, 0.29) is 40.3 Å². The third-order valence-electron chi connectivity index (χ3n) is 7.63. The van der Waals surface area contributed by atoms with Crippen LogP contribution in [-0.2, 0) is 11.3 Å². The van der Waals surface area contributed by atoms with Crippen molar-refractivity contribution in [2.24, 2.45) is 0 Å². The van der Waals surface area contributed by atoms with E-state index >= 15 is 4.39 Å². The van der Waals surface area contributed by atoms with Crippen LogP contribution >= 0.6 is 11.6 Å². The highest BCUT2D eigenvalue weighted by atomic mass is 35.5. The molecule has 11 nitrogen and oxygen atoms in total. The zero-order valence-corrected chi connectivity index (χ0v) is 25.0. The first-order valence-electron chi connectivity index (χ1n) is 14.0. The van der Waals surface area contributed by atoms with Crippen LogP contribution in [0.3, 0.4) is 0 Å². The van der Waals surface area contributed by atoms with E-state index in [2.05, 4.69) is 10.1 Å². The Morgan fingerprint density at radius 1 is 1.23 bits per heavy atom. The normalized spacial score (nSPS) is 18.6. The maximum atomic E-state index is 15.2. The van der Waals surface area contributed by atoms with Crippen molar-refractivity contribution in [3.63, 3.8) is 0 Å². The number of aromatic hydroxyl groups is 1. The highest BCUT2D eigenvalue weighted by molar-refractivity contribution is 6.35. The topological polar surface area (TPSA) is 115 Å². The Morgan fingerprint density at radius 3 is 2.70 bits per heavy atom. The van der Waals surface area contributed by atoms with E-state index < -0.39 is 29.2 Å². The zero-order valence-electron chi connectivity index (χ0n) is 24.3. The number of carbonyl (C=O) groups is 1. The Morgan fingerprint density at radius 2 is 2.02 bits per heavy atom. The summed E-state index contributed by atoms with van der Waals surface area (Å²) in [5.74, 6) is -0.437. The van der Waals surface area contributed by atoms with Gasteiger partial charge in [0, 0.05) is 43.5 Å². The molecule has 1 saturated heterocycles. The van der Waals surface area contributed by atoms with Gasteiger partial charge in [0.2, 0.25) is 0 Å². The van der Waals surface area contributed by atoms with Gasteiger partial charge in [0.25, 0.3) is 0 Å². The molecule has 0 aliphatic carbocycles. The second kappa shape index (κ2) is 10.7. The summed E-state index contributed by atoms with van der Waals surface area (Å²) in [6.07, 6.45) is 3.03. The summed E-state index contributed by atoms with van der Waals surface area (Å²) in [4.78, 5) is 34.8. The van der Waals surface area contributed by atoms with Gasteiger partial charge in [0.05, 0.1) is 34.3 Å². The average molecular weight is 611 g/mol. The number of rotatable bonds is 4. The lowest BCUT2D eigenvalue weighted by Crippen LogP contribution is -2.55. The average Bonchev–Trinajstić information content (AvgIpc) is 3.44. The number of hydrogen-bond donors (Lipinski definition) is 1. The molecule has 2 aromatic heterocycles. The van der Waals surface area contributed by atoms with E-state index in [0.717, 1.165) is 0 Å². The number of ether oxygens (including phenoxy) is 2. The number of aromatic nitrogens is 4. The lowest BCUT2D eigenvalue weighted by Gasteiger charge is -2.41. The van der Waals surface area contributed by atoms with Gasteiger partial charge >= 0.3 is 11.8 Å². The molecule has 43 heavy (non-hydrogen) atoms. The predicted molar refractivity (Wildman–Crippen MR) is 159 cm³/mol. The Bertz CT molecular complexity index is 1750. The summed E-state index contributed by atoms with van der Waals surface area (Å²) in [5.41, 5.74) is -0.723. The molecule has 226 valence electrons. The summed E-state index contributed by atoms with van der Waals surface area (Å²) in [6.45, 7) is 8.87. The monoisotopic (exact) mass is 610 g/mol. The van der Waals surface area contributed by atoms with Crippen molar-refractivity contribution >= 4 is 34.4 Å². The first kappa shape index (κ1) is 28.8. The fourth-order valence-corrected chi connectivity index (χ4v) is 6.08. The molecule has 2 aliphatic rings. The van der Waals surface area contributed by atoms with Crippen LogP contribution in [-0.4, -0.2) is 73.3 Å². The maximum absolute atomic E-state index is 15.2. The SMILES string of the molecule is C[C@H]1CN(C(=O)OC(C)(C)C)CCN1c1nc(=O)n2c3c(c(-c4c(O)cccc4F)c(Cl)cc13)OC[C@H]2Cn1cccn1. The van der Waals surface area contributed by atoms with Gasteiger partial charge in [0.1, 0.15) is 29.6 Å². The van der Waals surface area contributed by atoms with E-state index in [1.54, 1.807) is 38.7 Å². The fraction of sp³-hybridized carbons (Fsp3) is 0.400. The number of phenolic OH excluding ortho intramolecular Hbond substituents is 1. The quantitative estimate of drug-likeness (QED) is 0.349. The van der Waals surface area contributed by atoms with Crippen molar-refractivity contribution in [2.75, 3.05) is 31.1 Å². The molecule has 0 radical (unpaired) electrons. The largest absolute Gasteiger partial charge is 0.507 e. The fourth-order valence-electron chi connectivity index (χ4n) is 5.80. The number of carbonyl (C=O) groups excluding carboxylic acids is 1. The van der Waals surface area contributed by atoms with E-state index in [4.69, 9.17) is 21.1 Å². The molecule has 2 aliphatic heterocycles. The number of nitrogens with zero attached hydrogens (tertiary/aromatic N) is 6. The number of hydrogen-bond acceptors (Lipinski definition) is 8. The van der Waals surface area contributed by atoms with Crippen LogP contribution in [0.1, 0.15) is 33.7 Å². The van der Waals surface area contributed by atoms with Gasteiger partial charge in [-0.3, -0.25) is 9.25 Å². The third-order valence-corrected chi connectivity index (χ3v) is 7.93. The summed E-state index contributed by atoms with van der Waals surface area (Å²) in [7, 11) is 0. The predicted octanol–water partition coefficient (Wildman–Crippen LogP) is 4.84. The number of amides is 1. The maximum Gasteiger partial charge on any atom is 0.410 e. The Kier molecular flexibility index (Phi) is 7.19. The molecule has 2 aromatic carbocycles. The molecular formula is C30H32ClFN6O5. The number of anilines is 1. The minimum atomic E-state index is -0.685. The minimum Gasteiger partial charge on any atom is -0.507 e. The molecule has 4 aromatic rings. The van der Waals surface area contributed by atoms with Gasteiger partial charge in [0.15, 0.2) is 5.75 Å². The Labute approximate surface area is 252 Å². The Hall–Kier alpha value is -4.32. The standard InChI is InChI=1S/C30H32ClFN6O5/c1-17-14-35(29(41)43-30(2,3)4)11-12-37(17)27-19-13-20(31)23(24-21(32)7-5-8-22(24)39)26-25(19)38(28(40)34-27)18(16-42-26)15-36-10-6-9-33-36/h5-10,13,17-18,39H,11-12,14-16H2,1-4H3/t17-,18+/m0/s1. The van der Waals surface area contributed by atoms with Gasteiger partial charge in [-0.2, -0.15) is 10.1 Å². The van der Waals surface area contributed by atoms with Gasteiger partial charge in [-0.05, 0) is 52.0 Å². The van der Waals surface area contributed by atoms with Crippen molar-refractivity contribution in [1.82, 2.24) is 24.2 Å². The van der Waals surface area contributed by atoms with E-state index in [1.807, 2.05) is 32.6 Å².